The lowest BCUT2D eigenvalue weighted by Crippen LogP contribution is -2.55. The zero-order valence-corrected chi connectivity index (χ0v) is 29.5. The summed E-state index contributed by atoms with van der Waals surface area (Å²) in [5.74, 6) is -1.53. The van der Waals surface area contributed by atoms with Crippen LogP contribution in [0.5, 0.6) is 5.75 Å². The minimum Gasteiger partial charge on any atom is -0.476 e. The van der Waals surface area contributed by atoms with Gasteiger partial charge in [-0.15, -0.1) is 0 Å². The van der Waals surface area contributed by atoms with Crippen LogP contribution in [0.15, 0.2) is 12.1 Å². The van der Waals surface area contributed by atoms with Crippen LogP contribution in [-0.4, -0.2) is 91.4 Å². The first kappa shape index (κ1) is 41.0. The number of rotatable bonds is 8. The molecular weight excluding hydrogens is 605 g/mol. The van der Waals surface area contributed by atoms with Crippen molar-refractivity contribution in [3.05, 3.63) is 23.3 Å². The number of benzene rings is 1. The Balaban J connectivity index is 0.00000254. The summed E-state index contributed by atoms with van der Waals surface area (Å²) in [6, 6.07) is 1.09. The summed E-state index contributed by atoms with van der Waals surface area (Å²) in [6.07, 6.45) is -3.06. The molecule has 46 heavy (non-hydrogen) atoms. The molecule has 1 aromatic carbocycles. The van der Waals surface area contributed by atoms with Crippen molar-refractivity contribution in [1.29, 1.82) is 0 Å². The van der Waals surface area contributed by atoms with E-state index in [1.165, 1.54) is 30.7 Å². The molecule has 2 N–H and O–H groups in total. The molecule has 2 aliphatic heterocycles. The minimum atomic E-state index is -4.88. The second kappa shape index (κ2) is 17.2. The summed E-state index contributed by atoms with van der Waals surface area (Å²) in [7, 11) is 3.02. The van der Waals surface area contributed by atoms with Gasteiger partial charge in [0.25, 0.3) is 11.8 Å². The van der Waals surface area contributed by atoms with Crippen molar-refractivity contribution < 1.29 is 41.8 Å². The number of nitrogens with two attached hydrogens (primary N) is 1. The van der Waals surface area contributed by atoms with E-state index < -0.39 is 52.5 Å². The van der Waals surface area contributed by atoms with Crippen LogP contribution in [0.2, 0.25) is 0 Å². The van der Waals surface area contributed by atoms with Crippen LogP contribution in [0.25, 0.3) is 0 Å². The zero-order valence-electron chi connectivity index (χ0n) is 29.5. The molecule has 0 spiro atoms. The number of ether oxygens (including phenoxy) is 3. The Morgan fingerprint density at radius 2 is 1.72 bits per heavy atom. The molecule has 3 rings (SSSR count). The highest BCUT2D eigenvalue weighted by molar-refractivity contribution is 6.05. The molecule has 0 aliphatic carbocycles. The van der Waals surface area contributed by atoms with Crippen molar-refractivity contribution in [3.8, 4) is 5.75 Å². The number of amides is 3. The van der Waals surface area contributed by atoms with Crippen molar-refractivity contribution in [2.24, 2.45) is 5.73 Å². The Labute approximate surface area is 272 Å². The third-order valence-corrected chi connectivity index (χ3v) is 7.47. The van der Waals surface area contributed by atoms with Crippen LogP contribution in [-0.2, 0) is 20.4 Å². The molecule has 0 unspecified atom stereocenters. The number of piperidine rings is 1. The van der Waals surface area contributed by atoms with E-state index in [0.29, 0.717) is 32.3 Å². The lowest BCUT2D eigenvalue weighted by molar-refractivity contribution is -0.138. The van der Waals surface area contributed by atoms with Gasteiger partial charge in [0.2, 0.25) is 0 Å². The van der Waals surface area contributed by atoms with Crippen molar-refractivity contribution in [3.63, 3.8) is 0 Å². The fourth-order valence-corrected chi connectivity index (χ4v) is 5.36. The van der Waals surface area contributed by atoms with E-state index in [9.17, 15) is 27.6 Å². The van der Waals surface area contributed by atoms with E-state index in [4.69, 9.17) is 19.9 Å². The molecule has 3 amide bonds. The number of carbonyl (C=O) groups excluding carboxylic acids is 3. The number of halogens is 3. The monoisotopic (exact) mass is 660 g/mol. The number of methoxy groups -OCH3 is 1. The van der Waals surface area contributed by atoms with Gasteiger partial charge in [0, 0.05) is 52.5 Å². The summed E-state index contributed by atoms with van der Waals surface area (Å²) < 4.78 is 59.4. The molecule has 2 aliphatic rings. The number of carbonyl (C=O) groups is 3. The van der Waals surface area contributed by atoms with Crippen molar-refractivity contribution >= 4 is 23.6 Å². The van der Waals surface area contributed by atoms with Gasteiger partial charge in [0.05, 0.1) is 16.8 Å². The van der Waals surface area contributed by atoms with E-state index in [2.05, 4.69) is 0 Å². The lowest BCUT2D eigenvalue weighted by atomic mass is 9.93. The molecule has 1 fully saturated rings. The Morgan fingerprint density at radius 1 is 1.11 bits per heavy atom. The van der Waals surface area contributed by atoms with Gasteiger partial charge in [-0.1, -0.05) is 27.7 Å². The average Bonchev–Trinajstić information content (AvgIpc) is 2.99. The van der Waals surface area contributed by atoms with Gasteiger partial charge < -0.3 is 34.6 Å². The number of likely N-dealkylation sites (tertiary alicyclic amines) is 1. The number of fused-ring (bicyclic) bond motifs is 1. The van der Waals surface area contributed by atoms with Gasteiger partial charge in [-0.2, -0.15) is 13.2 Å². The van der Waals surface area contributed by atoms with Gasteiger partial charge in [0.1, 0.15) is 11.4 Å². The maximum absolute atomic E-state index is 14.3. The molecule has 2 heterocycles. The number of anilines is 1. The van der Waals surface area contributed by atoms with Crippen molar-refractivity contribution in [2.75, 3.05) is 45.3 Å². The highest BCUT2D eigenvalue weighted by atomic mass is 19.4. The van der Waals surface area contributed by atoms with Gasteiger partial charge in [0.15, 0.2) is 5.60 Å². The van der Waals surface area contributed by atoms with Crippen LogP contribution >= 0.6 is 0 Å². The molecule has 10 nitrogen and oxygen atoms in total. The second-order valence-corrected chi connectivity index (χ2v) is 12.3. The van der Waals surface area contributed by atoms with Gasteiger partial charge in [-0.25, -0.2) is 4.79 Å². The maximum Gasteiger partial charge on any atom is 0.417 e. The summed E-state index contributed by atoms with van der Waals surface area (Å²) in [6.45, 7) is 16.9. The molecule has 264 valence electrons. The fourth-order valence-electron chi connectivity index (χ4n) is 5.36. The molecule has 1 saturated heterocycles. The smallest absolute Gasteiger partial charge is 0.417 e. The first-order valence-corrected chi connectivity index (χ1v) is 16.1. The predicted molar refractivity (Wildman–Crippen MR) is 173 cm³/mol. The third-order valence-electron chi connectivity index (χ3n) is 7.47. The Kier molecular flexibility index (Phi) is 15.3. The van der Waals surface area contributed by atoms with Crippen molar-refractivity contribution in [2.45, 2.75) is 117 Å². The normalized spacial score (nSPS) is 19.1. The first-order valence-electron chi connectivity index (χ1n) is 16.1. The average molecular weight is 661 g/mol. The first-order chi connectivity index (χ1) is 21.4. The van der Waals surface area contributed by atoms with Crippen LogP contribution in [0.1, 0.15) is 104 Å². The molecule has 0 radical (unpaired) electrons. The van der Waals surface area contributed by atoms with Crippen LogP contribution in [0.4, 0.5) is 23.7 Å². The van der Waals surface area contributed by atoms with Gasteiger partial charge >= 0.3 is 12.3 Å². The van der Waals surface area contributed by atoms with E-state index in [-0.39, 0.29) is 37.1 Å². The quantitative estimate of drug-likeness (QED) is 0.317. The number of likely N-dealkylation sites (N-methyl/N-ethyl adjacent to an activating group) is 1. The predicted octanol–water partition coefficient (Wildman–Crippen LogP) is 6.49. The fraction of sp³-hybridized carbons (Fsp3) is 0.727. The third kappa shape index (κ3) is 10.2. The summed E-state index contributed by atoms with van der Waals surface area (Å²) in [4.78, 5) is 44.0. The standard InChI is InChI=1S/C29H43F3N4O6.2C2H6/c1-27(2,3)42-26(39)36-17-19(11-10-18(36)9-8-14-40-7)34(6)24(37)20-15-22-23(16-21(20)29(30,31)32)41-28(4,5)25(38)35(22)13-12-33;2*1-2/h15-16,18-19H,8-14,17,33H2,1-7H3;2*1-2H3/t18-,19+;;/m0../s1. The largest absolute Gasteiger partial charge is 0.476 e. The lowest BCUT2D eigenvalue weighted by Gasteiger charge is -2.43. The topological polar surface area (TPSA) is 115 Å². The van der Waals surface area contributed by atoms with E-state index in [0.717, 1.165) is 12.1 Å². The number of alkyl halides is 3. The van der Waals surface area contributed by atoms with Crippen LogP contribution < -0.4 is 15.4 Å². The molecule has 0 saturated carbocycles. The number of nitrogens with zero attached hydrogens (tertiary/aromatic N) is 3. The van der Waals surface area contributed by atoms with Crippen LogP contribution in [0.3, 0.4) is 0 Å². The van der Waals surface area contributed by atoms with Gasteiger partial charge in [-0.05, 0) is 72.4 Å². The molecule has 13 heteroatoms. The maximum atomic E-state index is 14.3. The Hall–Kier alpha value is -3.06. The second-order valence-electron chi connectivity index (χ2n) is 12.3. The molecule has 1 aromatic rings. The van der Waals surface area contributed by atoms with E-state index in [1.807, 2.05) is 27.7 Å². The molecule has 2 atom stereocenters. The Bertz CT molecular complexity index is 1170. The van der Waals surface area contributed by atoms with E-state index in [1.54, 1.807) is 32.8 Å². The zero-order chi connectivity index (χ0) is 35.6. The van der Waals surface area contributed by atoms with Crippen LogP contribution in [0, 0.1) is 0 Å². The van der Waals surface area contributed by atoms with E-state index >= 15 is 0 Å². The summed E-state index contributed by atoms with van der Waals surface area (Å²) in [5, 5.41) is 0. The number of hydrogen-bond donors (Lipinski definition) is 1. The Morgan fingerprint density at radius 3 is 2.24 bits per heavy atom. The molecular formula is C33H55F3N4O6. The van der Waals surface area contributed by atoms with Crippen molar-refractivity contribution in [1.82, 2.24) is 9.80 Å². The minimum absolute atomic E-state index is 0.0331. The summed E-state index contributed by atoms with van der Waals surface area (Å²) in [5.41, 5.74) is 1.78. The molecule has 0 bridgehead atoms. The highest BCUT2D eigenvalue weighted by Gasteiger charge is 2.45. The molecule has 0 aromatic heterocycles. The SMILES string of the molecule is CC.CC.COCCC[C@H]1CC[C@@H](N(C)C(=O)c2cc3c(cc2C(F)(F)F)OC(C)(C)C(=O)N3CCN)CN1C(=O)OC(C)(C)C. The van der Waals surface area contributed by atoms with Gasteiger partial charge in [-0.3, -0.25) is 9.59 Å². The summed E-state index contributed by atoms with van der Waals surface area (Å²) >= 11 is 0. The highest BCUT2D eigenvalue weighted by Crippen LogP contribution is 2.44. The number of hydrogen-bond acceptors (Lipinski definition) is 7.